The second-order valence-corrected chi connectivity index (χ2v) is 13.4. The van der Waals surface area contributed by atoms with Crippen molar-refractivity contribution in [2.75, 3.05) is 0 Å². The van der Waals surface area contributed by atoms with Gasteiger partial charge in [0.2, 0.25) is 0 Å². The van der Waals surface area contributed by atoms with E-state index in [0.717, 1.165) is 23.5 Å². The third-order valence-corrected chi connectivity index (χ3v) is 11.0. The first-order valence-corrected chi connectivity index (χ1v) is 16.0. The lowest BCUT2D eigenvalue weighted by Gasteiger charge is -2.28. The number of halogens is 1. The lowest BCUT2D eigenvalue weighted by molar-refractivity contribution is 0.419. The molecule has 1 aliphatic rings. The summed E-state index contributed by atoms with van der Waals surface area (Å²) in [5.74, 6) is 1.39. The molecule has 0 N–H and O–H groups in total. The van der Waals surface area contributed by atoms with E-state index >= 15 is 4.39 Å². The van der Waals surface area contributed by atoms with Gasteiger partial charge in [-0.1, -0.05) is 120 Å². The van der Waals surface area contributed by atoms with Crippen LogP contribution in [-0.4, -0.2) is 8.80 Å². The first-order chi connectivity index (χ1) is 16.1. The molecule has 2 aromatic rings. The second-order valence-electron chi connectivity index (χ2n) is 10.4. The van der Waals surface area contributed by atoms with Gasteiger partial charge in [0.1, 0.15) is 5.82 Å². The van der Waals surface area contributed by atoms with E-state index in [1.807, 2.05) is 12.1 Å². The molecular weight excluding hydrogens is 419 g/mol. The average molecular weight is 466 g/mol. The highest BCUT2D eigenvalue weighted by molar-refractivity contribution is 6.59. The molecule has 181 valence electrons. The van der Waals surface area contributed by atoms with Gasteiger partial charge in [-0.2, -0.15) is 0 Å². The molecule has 1 unspecified atom stereocenters. The number of unbranched alkanes of at least 4 members (excludes halogenated alkanes) is 2. The maximum Gasteiger partial charge on any atom is 0.131 e. The van der Waals surface area contributed by atoms with E-state index < -0.39 is 0 Å². The molecule has 0 aliphatic carbocycles. The molecule has 1 radical (unpaired) electrons. The summed E-state index contributed by atoms with van der Waals surface area (Å²) in [4.78, 5) is 0. The van der Waals surface area contributed by atoms with Crippen molar-refractivity contribution in [2.45, 2.75) is 115 Å². The molecule has 33 heavy (non-hydrogen) atoms. The normalized spacial score (nSPS) is 16.2. The Morgan fingerprint density at radius 2 is 1.64 bits per heavy atom. The van der Waals surface area contributed by atoms with Gasteiger partial charge in [-0.15, -0.1) is 0 Å². The fourth-order valence-electron chi connectivity index (χ4n) is 5.66. The van der Waals surface area contributed by atoms with Crippen LogP contribution in [0.15, 0.2) is 42.5 Å². The van der Waals surface area contributed by atoms with Crippen LogP contribution in [0.3, 0.4) is 0 Å². The quantitative estimate of drug-likeness (QED) is 0.204. The standard InChI is InChI=1S/C31H46FSi/c1-4-7-8-21-33-22-19-27(20-23-33)29-17-18-30(31(32)24-29)28-15-13-26(14-16-28)12-9-11-25(6-3)10-5-2/h13-18,24-25,27H,4-12,19-23H2,1-3H3. The number of aryl methyl sites for hydroxylation is 1. The Balaban J connectivity index is 1.52. The smallest absolute Gasteiger partial charge is 0.131 e. The van der Waals surface area contributed by atoms with Crippen LogP contribution in [0.25, 0.3) is 11.1 Å². The molecule has 1 atom stereocenters. The number of rotatable bonds is 13. The summed E-state index contributed by atoms with van der Waals surface area (Å²) in [6, 6.07) is 19.0. The third-order valence-electron chi connectivity index (χ3n) is 7.91. The maximum absolute atomic E-state index is 15.1. The Hall–Kier alpha value is -1.41. The van der Waals surface area contributed by atoms with Crippen LogP contribution in [0, 0.1) is 11.7 Å². The zero-order chi connectivity index (χ0) is 23.5. The molecule has 0 saturated carbocycles. The lowest BCUT2D eigenvalue weighted by atomic mass is 9.91. The van der Waals surface area contributed by atoms with Crippen molar-refractivity contribution < 1.29 is 4.39 Å². The molecule has 1 aliphatic heterocycles. The van der Waals surface area contributed by atoms with E-state index in [9.17, 15) is 0 Å². The molecule has 2 aromatic carbocycles. The van der Waals surface area contributed by atoms with Gasteiger partial charge in [-0.05, 0) is 60.3 Å². The molecule has 1 fully saturated rings. The molecule has 0 amide bonds. The fourth-order valence-corrected chi connectivity index (χ4v) is 8.67. The summed E-state index contributed by atoms with van der Waals surface area (Å²) in [6.45, 7) is 6.89. The van der Waals surface area contributed by atoms with Crippen molar-refractivity contribution in [3.8, 4) is 11.1 Å². The van der Waals surface area contributed by atoms with Crippen molar-refractivity contribution in [3.05, 3.63) is 59.4 Å². The first kappa shape index (κ1) is 26.2. The van der Waals surface area contributed by atoms with E-state index in [-0.39, 0.29) is 14.6 Å². The number of hydrogen-bond acceptors (Lipinski definition) is 0. The van der Waals surface area contributed by atoms with Gasteiger partial charge < -0.3 is 0 Å². The Morgan fingerprint density at radius 1 is 0.879 bits per heavy atom. The van der Waals surface area contributed by atoms with Crippen LogP contribution in [-0.2, 0) is 6.42 Å². The van der Waals surface area contributed by atoms with E-state index in [2.05, 4.69) is 51.1 Å². The third kappa shape index (κ3) is 8.09. The van der Waals surface area contributed by atoms with E-state index in [1.165, 1.54) is 93.5 Å². The predicted molar refractivity (Wildman–Crippen MR) is 145 cm³/mol. The molecule has 2 heteroatoms. The van der Waals surface area contributed by atoms with Gasteiger partial charge in [0.25, 0.3) is 0 Å². The molecule has 0 aromatic heterocycles. The van der Waals surface area contributed by atoms with Gasteiger partial charge in [-0.25, -0.2) is 4.39 Å². The Kier molecular flexibility index (Phi) is 11.2. The maximum atomic E-state index is 15.1. The molecule has 3 rings (SSSR count). The topological polar surface area (TPSA) is 0 Å². The predicted octanol–water partition coefficient (Wildman–Crippen LogP) is 10.2. The summed E-state index contributed by atoms with van der Waals surface area (Å²) >= 11 is 0. The highest BCUT2D eigenvalue weighted by Crippen LogP contribution is 2.37. The average Bonchev–Trinajstić information content (AvgIpc) is 2.84. The van der Waals surface area contributed by atoms with E-state index in [0.29, 0.717) is 5.92 Å². The van der Waals surface area contributed by atoms with Gasteiger partial charge in [0.15, 0.2) is 0 Å². The minimum Gasteiger partial charge on any atom is -0.206 e. The van der Waals surface area contributed by atoms with Crippen molar-refractivity contribution in [2.24, 2.45) is 5.92 Å². The van der Waals surface area contributed by atoms with Crippen LogP contribution in [0.5, 0.6) is 0 Å². The lowest BCUT2D eigenvalue weighted by Crippen LogP contribution is -2.20. The van der Waals surface area contributed by atoms with Crippen molar-refractivity contribution in [1.29, 1.82) is 0 Å². The minimum atomic E-state index is -0.135. The number of hydrogen-bond donors (Lipinski definition) is 0. The molecular formula is C31H46FSi. The van der Waals surface area contributed by atoms with Crippen LogP contribution in [0.1, 0.15) is 102 Å². The molecule has 1 saturated heterocycles. The fraction of sp³-hybridized carbons (Fsp3) is 0.613. The van der Waals surface area contributed by atoms with E-state index in [1.54, 1.807) is 0 Å². The summed E-state index contributed by atoms with van der Waals surface area (Å²) in [5.41, 5.74) is 4.35. The molecule has 0 nitrogen and oxygen atoms in total. The zero-order valence-electron chi connectivity index (χ0n) is 21.5. The minimum absolute atomic E-state index is 0.0512. The zero-order valence-corrected chi connectivity index (χ0v) is 22.5. The molecule has 1 heterocycles. The van der Waals surface area contributed by atoms with Crippen LogP contribution < -0.4 is 0 Å². The van der Waals surface area contributed by atoms with Gasteiger partial charge in [0.05, 0.1) is 0 Å². The summed E-state index contributed by atoms with van der Waals surface area (Å²) in [7, 11) is -0.135. The van der Waals surface area contributed by atoms with Gasteiger partial charge in [-0.3, -0.25) is 0 Å². The SMILES string of the molecule is CCCCC[Si]1CCC(c2ccc(-c3ccc(CCCC(CC)CCC)cc3)c(F)c2)CC1. The van der Waals surface area contributed by atoms with Crippen LogP contribution in [0.4, 0.5) is 4.39 Å². The van der Waals surface area contributed by atoms with Gasteiger partial charge >= 0.3 is 0 Å². The monoisotopic (exact) mass is 465 g/mol. The molecule has 0 bridgehead atoms. The summed E-state index contributed by atoms with van der Waals surface area (Å²) in [5, 5.41) is 0. The second kappa shape index (κ2) is 14.1. The van der Waals surface area contributed by atoms with Crippen molar-refractivity contribution >= 4 is 8.80 Å². The Bertz CT molecular complexity index is 804. The summed E-state index contributed by atoms with van der Waals surface area (Å²) in [6.07, 6.45) is 14.3. The largest absolute Gasteiger partial charge is 0.206 e. The van der Waals surface area contributed by atoms with Crippen molar-refractivity contribution in [3.63, 3.8) is 0 Å². The number of benzene rings is 2. The summed E-state index contributed by atoms with van der Waals surface area (Å²) < 4.78 is 15.1. The van der Waals surface area contributed by atoms with Crippen molar-refractivity contribution in [1.82, 2.24) is 0 Å². The van der Waals surface area contributed by atoms with E-state index in [4.69, 9.17) is 0 Å². The highest BCUT2D eigenvalue weighted by Gasteiger charge is 2.24. The Morgan fingerprint density at radius 3 is 2.27 bits per heavy atom. The van der Waals surface area contributed by atoms with Gasteiger partial charge in [0, 0.05) is 14.4 Å². The Labute approximate surface area is 205 Å². The molecule has 0 spiro atoms. The van der Waals surface area contributed by atoms with Crippen LogP contribution in [0.2, 0.25) is 18.1 Å². The first-order valence-electron chi connectivity index (χ1n) is 13.9. The van der Waals surface area contributed by atoms with Crippen LogP contribution >= 0.6 is 0 Å². The highest BCUT2D eigenvalue weighted by atomic mass is 28.3.